The summed E-state index contributed by atoms with van der Waals surface area (Å²) in [7, 11) is 0. The highest BCUT2D eigenvalue weighted by atomic mass is 35.5. The summed E-state index contributed by atoms with van der Waals surface area (Å²) in [4.78, 5) is 12.6. The maximum atomic E-state index is 12.6. The van der Waals surface area contributed by atoms with Gasteiger partial charge in [-0.05, 0) is 51.1 Å². The highest BCUT2D eigenvalue weighted by Gasteiger charge is 2.14. The molecule has 0 amide bonds. The molecule has 3 aromatic rings. The first-order valence-corrected chi connectivity index (χ1v) is 8.45. The Hall–Kier alpha value is -2.08. The molecule has 0 atom stereocenters. The first-order chi connectivity index (χ1) is 12.0. The molecule has 140 valence electrons. The molecule has 0 radical (unpaired) electrons. The van der Waals surface area contributed by atoms with Gasteiger partial charge in [0.1, 0.15) is 5.58 Å². The second-order valence-electron chi connectivity index (χ2n) is 6.73. The lowest BCUT2D eigenvalue weighted by Crippen LogP contribution is -2.43. The molecule has 3 rings (SSSR count). The van der Waals surface area contributed by atoms with Crippen molar-refractivity contribution in [2.24, 2.45) is 0 Å². The summed E-state index contributed by atoms with van der Waals surface area (Å²) in [6, 6.07) is 12.6. The molecule has 0 unspecified atom stereocenters. The van der Waals surface area contributed by atoms with E-state index in [0.29, 0.717) is 34.3 Å². The fourth-order valence-corrected chi connectivity index (χ4v) is 2.65. The van der Waals surface area contributed by atoms with Crippen LogP contribution in [-0.4, -0.2) is 30.4 Å². The topological polar surface area (TPSA) is 71.7 Å². The molecular weight excluding hydrogens is 354 g/mol. The number of para-hydroxylation sites is 2. The number of benzene rings is 2. The SMILES string of the molecule is CC(C)(CO)NCCCOc1cccc2c(=O)c3ccccc3oc12.Cl. The van der Waals surface area contributed by atoms with Crippen LogP contribution in [0, 0.1) is 0 Å². The van der Waals surface area contributed by atoms with E-state index in [-0.39, 0.29) is 30.0 Å². The van der Waals surface area contributed by atoms with E-state index in [2.05, 4.69) is 5.32 Å². The molecule has 0 fully saturated rings. The van der Waals surface area contributed by atoms with Crippen LogP contribution in [0.2, 0.25) is 0 Å². The lowest BCUT2D eigenvalue weighted by Gasteiger charge is -2.23. The summed E-state index contributed by atoms with van der Waals surface area (Å²) in [5.41, 5.74) is 0.691. The first-order valence-electron chi connectivity index (χ1n) is 8.45. The van der Waals surface area contributed by atoms with Crippen molar-refractivity contribution in [2.45, 2.75) is 25.8 Å². The molecule has 2 N–H and O–H groups in total. The number of hydrogen-bond acceptors (Lipinski definition) is 5. The predicted octanol–water partition coefficient (Wildman–Crippen LogP) is 3.50. The maximum absolute atomic E-state index is 12.6. The molecule has 0 aliphatic heterocycles. The Bertz CT molecular complexity index is 936. The zero-order chi connectivity index (χ0) is 17.9. The van der Waals surface area contributed by atoms with E-state index < -0.39 is 0 Å². The third-order valence-electron chi connectivity index (χ3n) is 4.14. The van der Waals surface area contributed by atoms with Crippen LogP contribution in [0.3, 0.4) is 0 Å². The minimum Gasteiger partial charge on any atom is -0.490 e. The molecule has 1 aromatic heterocycles. The van der Waals surface area contributed by atoms with Crippen molar-refractivity contribution in [1.29, 1.82) is 0 Å². The lowest BCUT2D eigenvalue weighted by atomic mass is 10.1. The minimum atomic E-state index is -0.300. The normalized spacial score (nSPS) is 11.5. The molecule has 1 heterocycles. The number of rotatable bonds is 7. The van der Waals surface area contributed by atoms with Crippen molar-refractivity contribution in [3.8, 4) is 5.75 Å². The van der Waals surface area contributed by atoms with Gasteiger partial charge in [-0.3, -0.25) is 4.79 Å². The molecule has 0 bridgehead atoms. The van der Waals surface area contributed by atoms with E-state index in [0.717, 1.165) is 13.0 Å². The average molecular weight is 378 g/mol. The second kappa shape index (κ2) is 8.54. The Morgan fingerprint density at radius 3 is 2.62 bits per heavy atom. The highest BCUT2D eigenvalue weighted by molar-refractivity contribution is 5.92. The zero-order valence-corrected chi connectivity index (χ0v) is 15.8. The van der Waals surface area contributed by atoms with Gasteiger partial charge in [-0.1, -0.05) is 18.2 Å². The van der Waals surface area contributed by atoms with Crippen molar-refractivity contribution in [3.05, 3.63) is 52.7 Å². The van der Waals surface area contributed by atoms with E-state index in [1.807, 2.05) is 32.0 Å². The molecular formula is C20H24ClNO4. The number of hydrogen-bond donors (Lipinski definition) is 2. The van der Waals surface area contributed by atoms with E-state index in [1.54, 1.807) is 24.3 Å². The molecule has 0 saturated carbocycles. The third-order valence-corrected chi connectivity index (χ3v) is 4.14. The quantitative estimate of drug-likeness (QED) is 0.487. The molecule has 2 aromatic carbocycles. The monoisotopic (exact) mass is 377 g/mol. The van der Waals surface area contributed by atoms with E-state index >= 15 is 0 Å². The molecule has 6 heteroatoms. The average Bonchev–Trinajstić information content (AvgIpc) is 2.62. The Morgan fingerprint density at radius 1 is 1.12 bits per heavy atom. The first kappa shape index (κ1) is 20.2. The van der Waals surface area contributed by atoms with Gasteiger partial charge in [-0.2, -0.15) is 0 Å². The lowest BCUT2D eigenvalue weighted by molar-refractivity contribution is 0.185. The smallest absolute Gasteiger partial charge is 0.200 e. The summed E-state index contributed by atoms with van der Waals surface area (Å²) in [5, 5.41) is 13.6. The van der Waals surface area contributed by atoms with E-state index in [9.17, 15) is 9.90 Å². The fraction of sp³-hybridized carbons (Fsp3) is 0.350. The van der Waals surface area contributed by atoms with Crippen LogP contribution in [0.15, 0.2) is 51.7 Å². The van der Waals surface area contributed by atoms with Gasteiger partial charge in [-0.15, -0.1) is 12.4 Å². The van der Waals surface area contributed by atoms with Crippen molar-refractivity contribution >= 4 is 34.3 Å². The van der Waals surface area contributed by atoms with E-state index in [4.69, 9.17) is 9.15 Å². The number of nitrogens with one attached hydrogen (secondary N) is 1. The number of aliphatic hydroxyl groups is 1. The Kier molecular flexibility index (Phi) is 6.64. The van der Waals surface area contributed by atoms with Crippen LogP contribution in [0.1, 0.15) is 20.3 Å². The molecule has 0 spiro atoms. The molecule has 0 saturated heterocycles. The Balaban J connectivity index is 0.00000243. The highest BCUT2D eigenvalue weighted by Crippen LogP contribution is 2.27. The van der Waals surface area contributed by atoms with Crippen molar-refractivity contribution < 1.29 is 14.3 Å². The van der Waals surface area contributed by atoms with Gasteiger partial charge in [0.05, 0.1) is 24.0 Å². The van der Waals surface area contributed by atoms with Crippen LogP contribution in [0.25, 0.3) is 21.9 Å². The standard InChI is InChI=1S/C20H23NO4.ClH/c1-20(2,13-22)21-11-6-12-24-17-10-5-8-15-18(23)14-7-3-4-9-16(14)25-19(15)17;/h3-5,7-10,21-22H,6,11-13H2,1-2H3;1H. The summed E-state index contributed by atoms with van der Waals surface area (Å²) < 4.78 is 11.7. The van der Waals surface area contributed by atoms with Gasteiger partial charge in [0, 0.05) is 5.54 Å². The molecule has 5 nitrogen and oxygen atoms in total. The van der Waals surface area contributed by atoms with Gasteiger partial charge in [-0.25, -0.2) is 0 Å². The number of aliphatic hydroxyl groups excluding tert-OH is 1. The zero-order valence-electron chi connectivity index (χ0n) is 15.0. The van der Waals surface area contributed by atoms with Crippen molar-refractivity contribution in [2.75, 3.05) is 19.8 Å². The van der Waals surface area contributed by atoms with Gasteiger partial charge in [0.25, 0.3) is 0 Å². The predicted molar refractivity (Wildman–Crippen MR) is 107 cm³/mol. The van der Waals surface area contributed by atoms with Gasteiger partial charge >= 0.3 is 0 Å². The molecule has 0 aliphatic carbocycles. The number of ether oxygens (including phenoxy) is 1. The van der Waals surface area contributed by atoms with Gasteiger partial charge in [0.2, 0.25) is 5.43 Å². The summed E-state index contributed by atoms with van der Waals surface area (Å²) >= 11 is 0. The molecule has 0 aliphatic rings. The molecule has 26 heavy (non-hydrogen) atoms. The van der Waals surface area contributed by atoms with Crippen LogP contribution in [0.5, 0.6) is 5.75 Å². The van der Waals surface area contributed by atoms with Crippen molar-refractivity contribution in [3.63, 3.8) is 0 Å². The largest absolute Gasteiger partial charge is 0.490 e. The number of halogens is 1. The third kappa shape index (κ3) is 4.36. The summed E-state index contributed by atoms with van der Waals surface area (Å²) in [5.74, 6) is 0.571. The summed E-state index contributed by atoms with van der Waals surface area (Å²) in [6.45, 7) is 5.18. The maximum Gasteiger partial charge on any atom is 0.200 e. The Morgan fingerprint density at radius 2 is 1.85 bits per heavy atom. The van der Waals surface area contributed by atoms with Crippen LogP contribution < -0.4 is 15.5 Å². The van der Waals surface area contributed by atoms with Crippen LogP contribution >= 0.6 is 12.4 Å². The minimum absolute atomic E-state index is 0. The second-order valence-corrected chi connectivity index (χ2v) is 6.73. The Labute approximate surface area is 158 Å². The summed E-state index contributed by atoms with van der Waals surface area (Å²) in [6.07, 6.45) is 0.775. The van der Waals surface area contributed by atoms with Gasteiger partial charge < -0.3 is 19.6 Å². The van der Waals surface area contributed by atoms with Gasteiger partial charge in [0.15, 0.2) is 11.3 Å². The van der Waals surface area contributed by atoms with E-state index in [1.165, 1.54) is 0 Å². The van der Waals surface area contributed by atoms with Crippen molar-refractivity contribution in [1.82, 2.24) is 5.32 Å². The van der Waals surface area contributed by atoms with Crippen LogP contribution in [-0.2, 0) is 0 Å². The van der Waals surface area contributed by atoms with Crippen LogP contribution in [0.4, 0.5) is 0 Å². The fourth-order valence-electron chi connectivity index (χ4n) is 2.65. The number of fused-ring (bicyclic) bond motifs is 2.